The quantitative estimate of drug-likeness (QED) is 0.586. The fraction of sp³-hybridized carbons (Fsp3) is 1.00. The van der Waals surface area contributed by atoms with Crippen molar-refractivity contribution in [3.8, 4) is 0 Å². The lowest BCUT2D eigenvalue weighted by Gasteiger charge is -2.19. The van der Waals surface area contributed by atoms with Gasteiger partial charge in [-0.05, 0) is 56.4 Å². The van der Waals surface area contributed by atoms with Crippen molar-refractivity contribution in [1.29, 1.82) is 0 Å². The van der Waals surface area contributed by atoms with Gasteiger partial charge >= 0.3 is 0 Å². The fourth-order valence-electron chi connectivity index (χ4n) is 2.94. The first-order valence-corrected chi connectivity index (χ1v) is 7.86. The Morgan fingerprint density at radius 3 is 2.35 bits per heavy atom. The molecule has 1 fully saturated rings. The minimum absolute atomic E-state index is 0.834. The molecular formula is C16H33N. The summed E-state index contributed by atoms with van der Waals surface area (Å²) in [5.74, 6) is 2.80. The van der Waals surface area contributed by atoms with Crippen molar-refractivity contribution in [1.82, 2.24) is 5.32 Å². The molecule has 1 rings (SSSR count). The average molecular weight is 239 g/mol. The Hall–Kier alpha value is -0.0400. The molecule has 0 amide bonds. The van der Waals surface area contributed by atoms with Crippen LogP contribution in [0.1, 0.15) is 72.6 Å². The second-order valence-electron chi connectivity index (χ2n) is 6.56. The standard InChI is InChI=1S/C16H33N/c1-5-11-17-16(15-9-10-15)8-6-7-14(4)12-13(2)3/h13-17H,5-12H2,1-4H3. The molecule has 1 nitrogen and oxygen atoms in total. The van der Waals surface area contributed by atoms with Crippen molar-refractivity contribution in [3.05, 3.63) is 0 Å². The molecule has 1 heteroatoms. The van der Waals surface area contributed by atoms with Gasteiger partial charge in [0.25, 0.3) is 0 Å². The van der Waals surface area contributed by atoms with Crippen LogP contribution < -0.4 is 5.32 Å². The lowest BCUT2D eigenvalue weighted by atomic mass is 9.92. The molecule has 0 aliphatic heterocycles. The summed E-state index contributed by atoms with van der Waals surface area (Å²) in [4.78, 5) is 0. The molecule has 2 unspecified atom stereocenters. The van der Waals surface area contributed by atoms with E-state index in [1.807, 2.05) is 0 Å². The normalized spacial score (nSPS) is 19.6. The minimum Gasteiger partial charge on any atom is -0.314 e. The van der Waals surface area contributed by atoms with E-state index in [-0.39, 0.29) is 0 Å². The topological polar surface area (TPSA) is 12.0 Å². The summed E-state index contributed by atoms with van der Waals surface area (Å²) in [6.45, 7) is 10.6. The molecule has 0 saturated heterocycles. The number of nitrogens with one attached hydrogen (secondary N) is 1. The lowest BCUT2D eigenvalue weighted by Crippen LogP contribution is -2.31. The maximum absolute atomic E-state index is 3.75. The SMILES string of the molecule is CCCNC(CCCC(C)CC(C)C)C1CC1. The smallest absolute Gasteiger partial charge is 0.00953 e. The molecule has 102 valence electrons. The number of rotatable bonds is 10. The zero-order chi connectivity index (χ0) is 12.7. The van der Waals surface area contributed by atoms with Gasteiger partial charge in [0.2, 0.25) is 0 Å². The Kier molecular flexibility index (Phi) is 7.18. The van der Waals surface area contributed by atoms with Crippen LogP contribution in [-0.4, -0.2) is 12.6 Å². The minimum atomic E-state index is 0.834. The van der Waals surface area contributed by atoms with Gasteiger partial charge in [-0.3, -0.25) is 0 Å². The highest BCUT2D eigenvalue weighted by atomic mass is 14.9. The molecule has 1 saturated carbocycles. The van der Waals surface area contributed by atoms with Crippen molar-refractivity contribution < 1.29 is 0 Å². The third kappa shape index (κ3) is 7.08. The summed E-state index contributed by atoms with van der Waals surface area (Å²) in [5, 5.41) is 3.75. The molecule has 0 aromatic heterocycles. The number of hydrogen-bond acceptors (Lipinski definition) is 1. The molecule has 2 atom stereocenters. The van der Waals surface area contributed by atoms with Crippen LogP contribution in [0, 0.1) is 17.8 Å². The van der Waals surface area contributed by atoms with Crippen molar-refractivity contribution >= 4 is 0 Å². The summed E-state index contributed by atoms with van der Waals surface area (Å²) in [5.41, 5.74) is 0. The van der Waals surface area contributed by atoms with Crippen molar-refractivity contribution in [2.24, 2.45) is 17.8 Å². The second kappa shape index (κ2) is 8.13. The van der Waals surface area contributed by atoms with Crippen LogP contribution in [0.15, 0.2) is 0 Å². The Balaban J connectivity index is 2.09. The van der Waals surface area contributed by atoms with Crippen LogP contribution >= 0.6 is 0 Å². The maximum Gasteiger partial charge on any atom is 0.00953 e. The molecule has 0 heterocycles. The Morgan fingerprint density at radius 1 is 1.12 bits per heavy atom. The largest absolute Gasteiger partial charge is 0.314 e. The third-order valence-corrected chi connectivity index (χ3v) is 3.93. The van der Waals surface area contributed by atoms with Gasteiger partial charge < -0.3 is 5.32 Å². The second-order valence-corrected chi connectivity index (χ2v) is 6.56. The molecule has 1 aliphatic rings. The predicted octanol–water partition coefficient (Wildman–Crippen LogP) is 4.62. The zero-order valence-corrected chi connectivity index (χ0v) is 12.5. The molecule has 0 spiro atoms. The molecule has 17 heavy (non-hydrogen) atoms. The van der Waals surface area contributed by atoms with Gasteiger partial charge in [-0.25, -0.2) is 0 Å². The van der Waals surface area contributed by atoms with Crippen molar-refractivity contribution in [3.63, 3.8) is 0 Å². The zero-order valence-electron chi connectivity index (χ0n) is 12.5. The van der Waals surface area contributed by atoms with Gasteiger partial charge in [-0.2, -0.15) is 0 Å². The monoisotopic (exact) mass is 239 g/mol. The highest BCUT2D eigenvalue weighted by Gasteiger charge is 2.30. The van der Waals surface area contributed by atoms with Crippen LogP contribution in [0.4, 0.5) is 0 Å². The summed E-state index contributed by atoms with van der Waals surface area (Å²) in [6.07, 6.45) is 9.88. The van der Waals surface area contributed by atoms with Gasteiger partial charge in [-0.15, -0.1) is 0 Å². The summed E-state index contributed by atoms with van der Waals surface area (Å²) >= 11 is 0. The predicted molar refractivity (Wildman–Crippen MR) is 77.3 cm³/mol. The first-order chi connectivity index (χ1) is 8.13. The van der Waals surface area contributed by atoms with E-state index in [9.17, 15) is 0 Å². The first kappa shape index (κ1) is 15.0. The highest BCUT2D eigenvalue weighted by molar-refractivity contribution is 4.86. The van der Waals surface area contributed by atoms with E-state index < -0.39 is 0 Å². The molecule has 0 aromatic carbocycles. The molecule has 1 aliphatic carbocycles. The average Bonchev–Trinajstić information content (AvgIpc) is 3.05. The molecule has 0 bridgehead atoms. The van der Waals surface area contributed by atoms with Crippen molar-refractivity contribution in [2.75, 3.05) is 6.54 Å². The van der Waals surface area contributed by atoms with Gasteiger partial charge in [0, 0.05) is 6.04 Å². The van der Waals surface area contributed by atoms with E-state index in [0.29, 0.717) is 0 Å². The Bertz CT molecular complexity index is 184. The van der Waals surface area contributed by atoms with Gasteiger partial charge in [0.05, 0.1) is 0 Å². The van der Waals surface area contributed by atoms with E-state index >= 15 is 0 Å². The summed E-state index contributed by atoms with van der Waals surface area (Å²) < 4.78 is 0. The molecule has 0 radical (unpaired) electrons. The number of hydrogen-bond donors (Lipinski definition) is 1. The van der Waals surface area contributed by atoms with E-state index in [4.69, 9.17) is 0 Å². The molecule has 1 N–H and O–H groups in total. The van der Waals surface area contributed by atoms with E-state index in [0.717, 1.165) is 23.8 Å². The van der Waals surface area contributed by atoms with Gasteiger partial charge in [0.15, 0.2) is 0 Å². The van der Waals surface area contributed by atoms with Gasteiger partial charge in [-0.1, -0.05) is 40.5 Å². The van der Waals surface area contributed by atoms with Crippen LogP contribution in [-0.2, 0) is 0 Å². The fourth-order valence-corrected chi connectivity index (χ4v) is 2.94. The van der Waals surface area contributed by atoms with E-state index in [2.05, 4.69) is 33.0 Å². The van der Waals surface area contributed by atoms with Crippen LogP contribution in [0.25, 0.3) is 0 Å². The van der Waals surface area contributed by atoms with Crippen LogP contribution in [0.3, 0.4) is 0 Å². The summed E-state index contributed by atoms with van der Waals surface area (Å²) in [7, 11) is 0. The third-order valence-electron chi connectivity index (χ3n) is 3.93. The maximum atomic E-state index is 3.75. The van der Waals surface area contributed by atoms with Crippen LogP contribution in [0.5, 0.6) is 0 Å². The van der Waals surface area contributed by atoms with Gasteiger partial charge in [0.1, 0.15) is 0 Å². The Labute approximate surface area is 109 Å². The van der Waals surface area contributed by atoms with E-state index in [1.165, 1.54) is 51.5 Å². The summed E-state index contributed by atoms with van der Waals surface area (Å²) in [6, 6.07) is 0.834. The highest BCUT2D eigenvalue weighted by Crippen LogP contribution is 2.35. The lowest BCUT2D eigenvalue weighted by molar-refractivity contribution is 0.366. The van der Waals surface area contributed by atoms with Crippen LogP contribution in [0.2, 0.25) is 0 Å². The molecular weight excluding hydrogens is 206 g/mol. The van der Waals surface area contributed by atoms with E-state index in [1.54, 1.807) is 0 Å². The van der Waals surface area contributed by atoms with Crippen molar-refractivity contribution in [2.45, 2.75) is 78.7 Å². The molecule has 0 aromatic rings. The first-order valence-electron chi connectivity index (χ1n) is 7.86. The Morgan fingerprint density at radius 2 is 1.82 bits per heavy atom.